The van der Waals surface area contributed by atoms with Gasteiger partial charge in [-0.25, -0.2) is 0 Å². The van der Waals surface area contributed by atoms with E-state index in [-0.39, 0.29) is 0 Å². The van der Waals surface area contributed by atoms with Crippen LogP contribution < -0.4 is 14.8 Å². The molecule has 1 N–H and O–H groups in total. The van der Waals surface area contributed by atoms with Gasteiger partial charge >= 0.3 is 0 Å². The molecule has 2 heterocycles. The van der Waals surface area contributed by atoms with Crippen LogP contribution in [-0.4, -0.2) is 28.0 Å². The number of rotatable bonds is 5. The molecule has 2 aromatic carbocycles. The van der Waals surface area contributed by atoms with Gasteiger partial charge in [0.05, 0.1) is 0 Å². The van der Waals surface area contributed by atoms with Crippen molar-refractivity contribution in [3.8, 4) is 22.9 Å². The number of ether oxygens (including phenoxy) is 2. The Morgan fingerprint density at radius 1 is 1.25 bits per heavy atom. The first-order valence-corrected chi connectivity index (χ1v) is 10.5. The number of nitrogens with one attached hydrogen (secondary N) is 1. The molecule has 1 unspecified atom stereocenters. The molecule has 0 aliphatic carbocycles. The third-order valence-electron chi connectivity index (χ3n) is 4.12. The lowest BCUT2D eigenvalue weighted by molar-refractivity contribution is 0.225. The van der Waals surface area contributed by atoms with E-state index in [0.29, 0.717) is 23.3 Å². The highest BCUT2D eigenvalue weighted by Crippen LogP contribution is 2.40. The van der Waals surface area contributed by atoms with Crippen LogP contribution in [0.1, 0.15) is 11.8 Å². The van der Waals surface area contributed by atoms with Crippen molar-refractivity contribution in [2.45, 2.75) is 11.4 Å². The van der Waals surface area contributed by atoms with Gasteiger partial charge in [0.1, 0.15) is 12.4 Å². The molecule has 1 aliphatic rings. The maximum Gasteiger partial charge on any atom is 0.247 e. The van der Waals surface area contributed by atoms with Crippen LogP contribution in [-0.2, 0) is 0 Å². The summed E-state index contributed by atoms with van der Waals surface area (Å²) in [4.78, 5) is 4.53. The fraction of sp³-hybridized carbons (Fsp3) is 0.150. The Hall–Kier alpha value is -2.58. The average molecular weight is 457 g/mol. The molecule has 28 heavy (non-hydrogen) atoms. The zero-order chi connectivity index (χ0) is 19.5. The van der Waals surface area contributed by atoms with Crippen molar-refractivity contribution in [2.24, 2.45) is 0 Å². The van der Waals surface area contributed by atoms with E-state index in [4.69, 9.17) is 9.47 Å². The lowest BCUT2D eigenvalue weighted by atomic mass is 10.1. The molecule has 142 valence electrons. The molecule has 0 bridgehead atoms. The normalized spacial score (nSPS) is 14.7. The van der Waals surface area contributed by atoms with Gasteiger partial charge < -0.3 is 14.8 Å². The minimum atomic E-state index is -0.430. The second-order valence-electron chi connectivity index (χ2n) is 5.95. The topological polar surface area (TPSA) is 69.2 Å². The zero-order valence-corrected chi connectivity index (χ0v) is 17.5. The highest BCUT2D eigenvalue weighted by Gasteiger charge is 2.26. The quantitative estimate of drug-likeness (QED) is 0.423. The van der Waals surface area contributed by atoms with E-state index >= 15 is 0 Å². The van der Waals surface area contributed by atoms with Crippen LogP contribution in [0.3, 0.4) is 0 Å². The second kappa shape index (κ2) is 8.20. The van der Waals surface area contributed by atoms with Crippen molar-refractivity contribution < 1.29 is 9.47 Å². The molecule has 3 aromatic rings. The number of fused-ring (bicyclic) bond motifs is 3. The van der Waals surface area contributed by atoms with Crippen LogP contribution in [0.2, 0.25) is 0 Å². The Morgan fingerprint density at radius 2 is 2.07 bits per heavy atom. The lowest BCUT2D eigenvalue weighted by Crippen LogP contribution is -2.17. The van der Waals surface area contributed by atoms with Crippen molar-refractivity contribution >= 4 is 33.4 Å². The number of halogens is 1. The molecule has 8 heteroatoms. The van der Waals surface area contributed by atoms with Crippen LogP contribution in [0.4, 0.5) is 5.69 Å². The summed E-state index contributed by atoms with van der Waals surface area (Å²) in [5, 5.41) is 12.5. The Balaban J connectivity index is 1.74. The van der Waals surface area contributed by atoms with Crippen molar-refractivity contribution in [1.82, 2.24) is 15.2 Å². The van der Waals surface area contributed by atoms with E-state index in [1.165, 1.54) is 11.8 Å². The smallest absolute Gasteiger partial charge is 0.247 e. The van der Waals surface area contributed by atoms with E-state index in [0.717, 1.165) is 27.0 Å². The number of nitrogens with zero attached hydrogens (tertiary/aromatic N) is 3. The van der Waals surface area contributed by atoms with Gasteiger partial charge in [0.2, 0.25) is 11.0 Å². The molecule has 1 aromatic heterocycles. The fourth-order valence-electron chi connectivity index (χ4n) is 2.80. The Bertz CT molecular complexity index is 1010. The maximum absolute atomic E-state index is 6.22. The van der Waals surface area contributed by atoms with Crippen LogP contribution in [0.15, 0.2) is 64.7 Å². The van der Waals surface area contributed by atoms with Gasteiger partial charge in [0.15, 0.2) is 11.9 Å². The Morgan fingerprint density at radius 3 is 2.82 bits per heavy atom. The summed E-state index contributed by atoms with van der Waals surface area (Å²) in [6, 6.07) is 13.7. The van der Waals surface area contributed by atoms with Gasteiger partial charge in [0, 0.05) is 21.3 Å². The first-order valence-electron chi connectivity index (χ1n) is 8.53. The highest BCUT2D eigenvalue weighted by molar-refractivity contribution is 9.10. The number of benzene rings is 2. The zero-order valence-electron chi connectivity index (χ0n) is 15.1. The second-order valence-corrected chi connectivity index (χ2v) is 7.64. The molecule has 1 atom stereocenters. The largest absolute Gasteiger partial charge is 0.490 e. The molecular weight excluding hydrogens is 440 g/mol. The monoisotopic (exact) mass is 456 g/mol. The molecule has 1 aliphatic heterocycles. The number of thioether (sulfide) groups is 1. The van der Waals surface area contributed by atoms with Gasteiger partial charge in [-0.2, -0.15) is 4.98 Å². The first kappa shape index (κ1) is 18.8. The van der Waals surface area contributed by atoms with Gasteiger partial charge in [-0.3, -0.25) is 0 Å². The third-order valence-corrected chi connectivity index (χ3v) is 5.15. The van der Waals surface area contributed by atoms with E-state index in [9.17, 15) is 0 Å². The van der Waals surface area contributed by atoms with E-state index in [2.05, 4.69) is 43.0 Å². The fourth-order valence-corrected chi connectivity index (χ4v) is 3.46. The molecule has 0 saturated heterocycles. The van der Waals surface area contributed by atoms with Crippen LogP contribution in [0.25, 0.3) is 11.3 Å². The number of hydrogen-bond donors (Lipinski definition) is 1. The first-order chi connectivity index (χ1) is 13.7. The predicted octanol–water partition coefficient (Wildman–Crippen LogP) is 5.09. The average Bonchev–Trinajstić information content (AvgIpc) is 2.88. The molecule has 0 saturated carbocycles. The van der Waals surface area contributed by atoms with Crippen LogP contribution in [0, 0.1) is 0 Å². The Kier molecular flexibility index (Phi) is 5.50. The summed E-state index contributed by atoms with van der Waals surface area (Å²) in [6.45, 7) is 4.13. The van der Waals surface area contributed by atoms with Crippen molar-refractivity contribution in [1.29, 1.82) is 0 Å². The molecule has 0 amide bonds. The number of aromatic nitrogens is 3. The van der Waals surface area contributed by atoms with Gasteiger partial charge in [-0.05, 0) is 48.7 Å². The summed E-state index contributed by atoms with van der Waals surface area (Å²) >= 11 is 4.94. The maximum atomic E-state index is 6.22. The summed E-state index contributed by atoms with van der Waals surface area (Å²) in [7, 11) is 0. The lowest BCUT2D eigenvalue weighted by Gasteiger charge is -2.19. The SMILES string of the molecule is C=CCOc1ccc(C2Nc3ccc(Br)cc3-c3nnc(SC)nc3O2)cc1. The molecule has 4 rings (SSSR count). The molecule has 6 nitrogen and oxygen atoms in total. The summed E-state index contributed by atoms with van der Waals surface area (Å²) in [6.07, 6.45) is 3.19. The van der Waals surface area contributed by atoms with Gasteiger partial charge in [-0.1, -0.05) is 40.3 Å². The van der Waals surface area contributed by atoms with E-state index in [1.807, 2.05) is 48.7 Å². The van der Waals surface area contributed by atoms with Crippen LogP contribution in [0.5, 0.6) is 11.6 Å². The minimum Gasteiger partial charge on any atom is -0.490 e. The number of anilines is 1. The van der Waals surface area contributed by atoms with E-state index < -0.39 is 6.23 Å². The van der Waals surface area contributed by atoms with E-state index in [1.54, 1.807) is 6.08 Å². The highest BCUT2D eigenvalue weighted by atomic mass is 79.9. The number of hydrogen-bond acceptors (Lipinski definition) is 7. The van der Waals surface area contributed by atoms with Gasteiger partial charge in [-0.15, -0.1) is 10.2 Å². The molecule has 0 fully saturated rings. The van der Waals surface area contributed by atoms with Crippen LogP contribution >= 0.6 is 27.7 Å². The van der Waals surface area contributed by atoms with Gasteiger partial charge in [0.25, 0.3) is 0 Å². The van der Waals surface area contributed by atoms with Crippen molar-refractivity contribution in [3.05, 3.63) is 65.2 Å². The summed E-state index contributed by atoms with van der Waals surface area (Å²) in [5.74, 6) is 1.22. The predicted molar refractivity (Wildman–Crippen MR) is 114 cm³/mol. The standard InChI is InChI=1S/C20H17BrN4O2S/c1-3-10-26-14-7-4-12(5-8-14)18-22-16-9-6-13(21)11-15(16)17-19(27-18)23-20(28-2)25-24-17/h3-9,11,18,22H,1,10H2,2H3. The van der Waals surface area contributed by atoms with Crippen molar-refractivity contribution in [3.63, 3.8) is 0 Å². The molecular formula is C20H17BrN4O2S. The summed E-state index contributed by atoms with van der Waals surface area (Å²) < 4.78 is 12.7. The summed E-state index contributed by atoms with van der Waals surface area (Å²) in [5.41, 5.74) is 3.32. The van der Waals surface area contributed by atoms with Crippen molar-refractivity contribution in [2.75, 3.05) is 18.2 Å². The minimum absolute atomic E-state index is 0.430. The third kappa shape index (κ3) is 3.83. The molecule has 0 radical (unpaired) electrons. The molecule has 0 spiro atoms. The Labute approximate surface area is 175 Å².